The van der Waals surface area contributed by atoms with Crippen LogP contribution in [0.2, 0.25) is 0 Å². The van der Waals surface area contributed by atoms with Gasteiger partial charge in [-0.05, 0) is 19.1 Å². The van der Waals surface area contributed by atoms with Crippen molar-refractivity contribution in [1.82, 2.24) is 0 Å². The van der Waals surface area contributed by atoms with Gasteiger partial charge in [0.15, 0.2) is 0 Å². The van der Waals surface area contributed by atoms with Crippen molar-refractivity contribution in [3.63, 3.8) is 0 Å². The van der Waals surface area contributed by atoms with E-state index in [0.29, 0.717) is 24.6 Å². The Bertz CT molecular complexity index is 513. The summed E-state index contributed by atoms with van der Waals surface area (Å²) in [7, 11) is 0. The molecule has 0 amide bonds. The van der Waals surface area contributed by atoms with Crippen molar-refractivity contribution < 1.29 is 19.1 Å². The lowest BCUT2D eigenvalue weighted by atomic mass is 10.1. The van der Waals surface area contributed by atoms with Crippen LogP contribution in [0.15, 0.2) is 28.7 Å². The summed E-state index contributed by atoms with van der Waals surface area (Å²) in [6.45, 7) is 2.86. The van der Waals surface area contributed by atoms with E-state index < -0.39 is 5.97 Å². The number of rotatable bonds is 4. The molecule has 0 saturated heterocycles. The van der Waals surface area contributed by atoms with Gasteiger partial charge in [-0.1, -0.05) is 12.1 Å². The van der Waals surface area contributed by atoms with Crippen LogP contribution in [0, 0.1) is 0 Å². The summed E-state index contributed by atoms with van der Waals surface area (Å²) < 4.78 is 10.7. The topological polar surface area (TPSA) is 59.7 Å². The Morgan fingerprint density at radius 2 is 2.31 bits per heavy atom. The van der Waals surface area contributed by atoms with Gasteiger partial charge in [0.1, 0.15) is 23.5 Å². The third kappa shape index (κ3) is 1.92. The number of carboxylic acid groups (broad SMARTS) is 1. The fraction of sp³-hybridized carbons (Fsp3) is 0.250. The highest BCUT2D eigenvalue weighted by atomic mass is 16.5. The maximum atomic E-state index is 10.9. The first-order valence-corrected chi connectivity index (χ1v) is 5.05. The molecule has 4 heteroatoms. The highest BCUT2D eigenvalue weighted by Crippen LogP contribution is 2.23. The fourth-order valence-corrected chi connectivity index (χ4v) is 1.56. The zero-order chi connectivity index (χ0) is 11.5. The molecule has 1 aromatic carbocycles. The van der Waals surface area contributed by atoms with E-state index in [0.717, 1.165) is 5.39 Å². The number of ether oxygens (including phenoxy) is 1. The van der Waals surface area contributed by atoms with Crippen LogP contribution >= 0.6 is 0 Å². The second kappa shape index (κ2) is 4.37. The molecule has 2 rings (SSSR count). The fourth-order valence-electron chi connectivity index (χ4n) is 1.56. The van der Waals surface area contributed by atoms with Crippen LogP contribution < -0.4 is 0 Å². The Hall–Kier alpha value is -1.81. The first kappa shape index (κ1) is 10.7. The first-order valence-electron chi connectivity index (χ1n) is 5.05. The molecule has 0 aliphatic rings. The van der Waals surface area contributed by atoms with Crippen LogP contribution in [0.5, 0.6) is 0 Å². The van der Waals surface area contributed by atoms with Crippen molar-refractivity contribution in [3.8, 4) is 0 Å². The summed E-state index contributed by atoms with van der Waals surface area (Å²) in [5.41, 5.74) is 0.588. The van der Waals surface area contributed by atoms with Gasteiger partial charge in [-0.3, -0.25) is 0 Å². The summed E-state index contributed by atoms with van der Waals surface area (Å²) in [5.74, 6) is -0.339. The molecule has 0 saturated carbocycles. The Balaban J connectivity index is 2.44. The zero-order valence-electron chi connectivity index (χ0n) is 8.90. The van der Waals surface area contributed by atoms with Crippen LogP contribution in [-0.2, 0) is 11.3 Å². The number of carbonyl (C=O) groups is 1. The average molecular weight is 220 g/mol. The molecule has 84 valence electrons. The second-order valence-corrected chi connectivity index (χ2v) is 3.38. The van der Waals surface area contributed by atoms with Gasteiger partial charge < -0.3 is 14.3 Å². The highest BCUT2D eigenvalue weighted by Gasteiger charge is 2.12. The molecule has 1 N–H and O–H groups in total. The normalized spacial score (nSPS) is 10.8. The van der Waals surface area contributed by atoms with E-state index in [1.165, 1.54) is 6.07 Å². The molecule has 0 bridgehead atoms. The van der Waals surface area contributed by atoms with E-state index in [1.807, 2.05) is 13.0 Å². The summed E-state index contributed by atoms with van der Waals surface area (Å²) in [6.07, 6.45) is 0. The molecular weight excluding hydrogens is 208 g/mol. The summed E-state index contributed by atoms with van der Waals surface area (Å²) in [6, 6.07) is 6.85. The lowest BCUT2D eigenvalue weighted by molar-refractivity contribution is 0.0697. The number of fused-ring (bicyclic) bond motifs is 1. The molecule has 1 heterocycles. The van der Waals surface area contributed by atoms with Crippen molar-refractivity contribution in [1.29, 1.82) is 0 Å². The first-order chi connectivity index (χ1) is 7.72. The Morgan fingerprint density at radius 3 is 3.00 bits per heavy atom. The second-order valence-electron chi connectivity index (χ2n) is 3.38. The van der Waals surface area contributed by atoms with Gasteiger partial charge in [0.2, 0.25) is 0 Å². The van der Waals surface area contributed by atoms with Crippen molar-refractivity contribution >= 4 is 16.9 Å². The van der Waals surface area contributed by atoms with E-state index in [2.05, 4.69) is 0 Å². The van der Waals surface area contributed by atoms with Crippen LogP contribution in [0.4, 0.5) is 0 Å². The maximum Gasteiger partial charge on any atom is 0.339 e. The minimum absolute atomic E-state index is 0.181. The van der Waals surface area contributed by atoms with E-state index >= 15 is 0 Å². The molecule has 0 spiro atoms. The van der Waals surface area contributed by atoms with Crippen molar-refractivity contribution in [2.45, 2.75) is 13.5 Å². The van der Waals surface area contributed by atoms with Gasteiger partial charge in [0.25, 0.3) is 0 Å². The van der Waals surface area contributed by atoms with Crippen molar-refractivity contribution in [2.24, 2.45) is 0 Å². The molecule has 0 atom stereocenters. The number of para-hydroxylation sites is 1. The van der Waals surface area contributed by atoms with E-state index in [-0.39, 0.29) is 5.56 Å². The minimum Gasteiger partial charge on any atom is -0.478 e. The monoisotopic (exact) mass is 220 g/mol. The van der Waals surface area contributed by atoms with Gasteiger partial charge in [-0.15, -0.1) is 0 Å². The lowest BCUT2D eigenvalue weighted by Gasteiger charge is -1.96. The van der Waals surface area contributed by atoms with Gasteiger partial charge >= 0.3 is 5.97 Å². The van der Waals surface area contributed by atoms with Gasteiger partial charge in [-0.25, -0.2) is 4.79 Å². The molecule has 16 heavy (non-hydrogen) atoms. The van der Waals surface area contributed by atoms with Crippen LogP contribution in [-0.4, -0.2) is 17.7 Å². The largest absolute Gasteiger partial charge is 0.478 e. The average Bonchev–Trinajstić information content (AvgIpc) is 2.68. The number of aromatic carboxylic acids is 1. The summed E-state index contributed by atoms with van der Waals surface area (Å²) >= 11 is 0. The number of carboxylic acids is 1. The molecule has 0 radical (unpaired) electrons. The summed E-state index contributed by atoms with van der Waals surface area (Å²) in [4.78, 5) is 10.9. The Kier molecular flexibility index (Phi) is 2.92. The predicted molar refractivity (Wildman–Crippen MR) is 58.5 cm³/mol. The Morgan fingerprint density at radius 1 is 1.50 bits per heavy atom. The maximum absolute atomic E-state index is 10.9. The van der Waals surface area contributed by atoms with Crippen molar-refractivity contribution in [3.05, 3.63) is 35.6 Å². The van der Waals surface area contributed by atoms with Crippen LogP contribution in [0.3, 0.4) is 0 Å². The molecule has 0 aliphatic heterocycles. The van der Waals surface area contributed by atoms with Crippen LogP contribution in [0.25, 0.3) is 11.0 Å². The van der Waals surface area contributed by atoms with Gasteiger partial charge in [0, 0.05) is 12.0 Å². The van der Waals surface area contributed by atoms with Crippen molar-refractivity contribution in [2.75, 3.05) is 6.61 Å². The van der Waals surface area contributed by atoms with E-state index in [9.17, 15) is 4.79 Å². The molecule has 0 unspecified atom stereocenters. The summed E-state index contributed by atoms with van der Waals surface area (Å²) in [5, 5.41) is 9.76. The zero-order valence-corrected chi connectivity index (χ0v) is 8.90. The lowest BCUT2D eigenvalue weighted by Crippen LogP contribution is -1.95. The number of hydrogen-bond acceptors (Lipinski definition) is 3. The highest BCUT2D eigenvalue weighted by molar-refractivity contribution is 6.01. The molecule has 1 aromatic heterocycles. The third-order valence-electron chi connectivity index (χ3n) is 2.27. The number of hydrogen-bond donors (Lipinski definition) is 1. The van der Waals surface area contributed by atoms with Gasteiger partial charge in [-0.2, -0.15) is 0 Å². The number of furan rings is 1. The minimum atomic E-state index is -0.983. The van der Waals surface area contributed by atoms with Gasteiger partial charge in [0.05, 0.1) is 0 Å². The van der Waals surface area contributed by atoms with Crippen LogP contribution in [0.1, 0.15) is 23.0 Å². The quantitative estimate of drug-likeness (QED) is 0.860. The molecule has 0 fully saturated rings. The standard InChI is InChI=1S/C12H12O4/c1-2-15-7-9-6-8-4-3-5-10(12(13)14)11(8)16-9/h3-6H,2,7H2,1H3,(H,13,14). The molecule has 2 aromatic rings. The third-order valence-corrected chi connectivity index (χ3v) is 2.27. The molecule has 4 nitrogen and oxygen atoms in total. The SMILES string of the molecule is CCOCc1cc2cccc(C(=O)O)c2o1. The van der Waals surface area contributed by atoms with E-state index in [1.54, 1.807) is 12.1 Å². The van der Waals surface area contributed by atoms with E-state index in [4.69, 9.17) is 14.3 Å². The molecular formula is C12H12O4. The Labute approximate surface area is 92.4 Å². The molecule has 0 aliphatic carbocycles. The predicted octanol–water partition coefficient (Wildman–Crippen LogP) is 2.67. The smallest absolute Gasteiger partial charge is 0.339 e. The number of benzene rings is 1.